The van der Waals surface area contributed by atoms with Gasteiger partial charge >= 0.3 is 0 Å². The lowest BCUT2D eigenvalue weighted by Gasteiger charge is -2.26. The molecule has 2 unspecified atom stereocenters. The van der Waals surface area contributed by atoms with Gasteiger partial charge in [0.15, 0.2) is 0 Å². The summed E-state index contributed by atoms with van der Waals surface area (Å²) in [6.07, 6.45) is 4.58. The largest absolute Gasteiger partial charge is 0.368 e. The Morgan fingerprint density at radius 3 is 1.59 bits per heavy atom. The molecule has 0 radical (unpaired) electrons. The lowest BCUT2D eigenvalue weighted by atomic mass is 9.40. The van der Waals surface area contributed by atoms with E-state index in [1.807, 2.05) is 0 Å². The number of nitrogens with two attached hydrogens (primary N) is 1. The van der Waals surface area contributed by atoms with E-state index in [1.165, 1.54) is 33.4 Å². The van der Waals surface area contributed by atoms with Gasteiger partial charge in [0.2, 0.25) is 6.85 Å². The molecule has 22 heavy (non-hydrogen) atoms. The van der Waals surface area contributed by atoms with Crippen molar-refractivity contribution in [2.45, 2.75) is 25.5 Å². The molecule has 0 fully saturated rings. The van der Waals surface area contributed by atoms with Gasteiger partial charge in [0.05, 0.1) is 0 Å². The average Bonchev–Trinajstić information content (AvgIpc) is 3.01. The van der Waals surface area contributed by atoms with Crippen LogP contribution in [0.4, 0.5) is 0 Å². The first-order chi connectivity index (χ1) is 10.7. The molecule has 2 heteroatoms. The third kappa shape index (κ3) is 1.91. The predicted octanol–water partition coefficient (Wildman–Crippen LogP) is 4.42. The van der Waals surface area contributed by atoms with E-state index < -0.39 is 0 Å². The van der Waals surface area contributed by atoms with Crippen molar-refractivity contribution in [2.75, 3.05) is 0 Å². The van der Waals surface area contributed by atoms with Gasteiger partial charge < -0.3 is 5.64 Å². The van der Waals surface area contributed by atoms with E-state index in [-0.39, 0.29) is 6.85 Å². The molecule has 0 amide bonds. The van der Waals surface area contributed by atoms with E-state index >= 15 is 0 Å². The molecule has 108 valence electrons. The van der Waals surface area contributed by atoms with E-state index in [2.05, 4.69) is 74.5 Å². The summed E-state index contributed by atoms with van der Waals surface area (Å²) in [6.45, 7) is 4.51. The summed E-state index contributed by atoms with van der Waals surface area (Å²) in [7, 11) is 0. The zero-order valence-electron chi connectivity index (χ0n) is 13.1. The Morgan fingerprint density at radius 2 is 1.14 bits per heavy atom. The van der Waals surface area contributed by atoms with E-state index in [4.69, 9.17) is 5.64 Å². The molecule has 0 spiro atoms. The molecular formula is C20H20BN. The standard InChI is InChI=1S/C20H20BN/c1-13-11-15-7-3-5-9-17(15)19(13)21(22)20-14(2)12-16-8-4-6-10-18(16)20/h3-12,19-20H,22H2,1-2H3. The second-order valence-electron chi connectivity index (χ2n) is 6.57. The number of benzene rings is 2. The van der Waals surface area contributed by atoms with Crippen LogP contribution in [0.1, 0.15) is 47.7 Å². The fourth-order valence-corrected chi connectivity index (χ4v) is 4.23. The second-order valence-corrected chi connectivity index (χ2v) is 6.57. The minimum atomic E-state index is 0.0831. The molecule has 0 aliphatic heterocycles. The highest BCUT2D eigenvalue weighted by Gasteiger charge is 2.39. The SMILES string of the molecule is CC1=Cc2ccccc2C1B(N)C1C(C)=Cc2ccccc21. The Morgan fingerprint density at radius 1 is 0.727 bits per heavy atom. The van der Waals surface area contributed by atoms with Crippen molar-refractivity contribution in [3.8, 4) is 0 Å². The molecule has 0 bridgehead atoms. The molecule has 0 saturated heterocycles. The van der Waals surface area contributed by atoms with Crippen LogP contribution in [0.5, 0.6) is 0 Å². The van der Waals surface area contributed by atoms with Crippen molar-refractivity contribution in [1.82, 2.24) is 0 Å². The minimum absolute atomic E-state index is 0.0831. The van der Waals surface area contributed by atoms with Crippen LogP contribution in [-0.4, -0.2) is 6.85 Å². The number of fused-ring (bicyclic) bond motifs is 2. The van der Waals surface area contributed by atoms with E-state index in [0.717, 1.165) is 0 Å². The summed E-state index contributed by atoms with van der Waals surface area (Å²) < 4.78 is 0. The van der Waals surface area contributed by atoms with Crippen LogP contribution in [0.3, 0.4) is 0 Å². The molecule has 0 heterocycles. The first-order valence-electron chi connectivity index (χ1n) is 7.96. The monoisotopic (exact) mass is 285 g/mol. The van der Waals surface area contributed by atoms with E-state index in [1.54, 1.807) is 0 Å². The van der Waals surface area contributed by atoms with Crippen molar-refractivity contribution in [3.05, 3.63) is 81.9 Å². The second kappa shape index (κ2) is 5.00. The highest BCUT2D eigenvalue weighted by molar-refractivity contribution is 6.61. The molecule has 2 aromatic rings. The summed E-state index contributed by atoms with van der Waals surface area (Å²) in [5.41, 5.74) is 15.0. The Labute approximate surface area is 132 Å². The maximum atomic E-state index is 6.81. The van der Waals surface area contributed by atoms with Crippen molar-refractivity contribution >= 4 is 19.0 Å². The third-order valence-corrected chi connectivity index (χ3v) is 5.18. The maximum absolute atomic E-state index is 6.81. The molecule has 1 nitrogen and oxygen atoms in total. The Kier molecular flexibility index (Phi) is 3.09. The normalized spacial score (nSPS) is 22.0. The van der Waals surface area contributed by atoms with Gasteiger partial charge in [0, 0.05) is 11.6 Å². The van der Waals surface area contributed by atoms with Gasteiger partial charge in [-0.05, 0) is 36.1 Å². The maximum Gasteiger partial charge on any atom is 0.241 e. The van der Waals surface area contributed by atoms with Crippen LogP contribution in [0.2, 0.25) is 0 Å². The van der Waals surface area contributed by atoms with Gasteiger partial charge in [-0.25, -0.2) is 0 Å². The molecular weight excluding hydrogens is 265 g/mol. The molecule has 2 aliphatic carbocycles. The summed E-state index contributed by atoms with van der Waals surface area (Å²) in [5, 5.41) is 0. The van der Waals surface area contributed by atoms with Gasteiger partial charge in [-0.3, -0.25) is 0 Å². The summed E-state index contributed by atoms with van der Waals surface area (Å²) >= 11 is 0. The van der Waals surface area contributed by atoms with E-state index in [9.17, 15) is 0 Å². The smallest absolute Gasteiger partial charge is 0.241 e. The van der Waals surface area contributed by atoms with Crippen molar-refractivity contribution in [2.24, 2.45) is 5.64 Å². The van der Waals surface area contributed by atoms with Gasteiger partial charge in [-0.2, -0.15) is 0 Å². The fourth-order valence-electron chi connectivity index (χ4n) is 4.23. The number of allylic oxidation sites excluding steroid dienone is 2. The Balaban J connectivity index is 1.76. The number of hydrogen-bond donors (Lipinski definition) is 1. The zero-order valence-corrected chi connectivity index (χ0v) is 13.1. The van der Waals surface area contributed by atoms with Crippen LogP contribution in [0.15, 0.2) is 59.7 Å². The highest BCUT2D eigenvalue weighted by atomic mass is 14.5. The first kappa shape index (κ1) is 13.6. The number of hydrogen-bond acceptors (Lipinski definition) is 1. The summed E-state index contributed by atoms with van der Waals surface area (Å²) in [5.74, 6) is 0.631. The molecule has 2 atom stereocenters. The molecule has 0 aromatic heterocycles. The topological polar surface area (TPSA) is 26.0 Å². The molecule has 4 rings (SSSR count). The quantitative estimate of drug-likeness (QED) is 0.812. The lowest BCUT2D eigenvalue weighted by Crippen LogP contribution is -2.40. The molecule has 2 aliphatic rings. The molecule has 0 saturated carbocycles. The van der Waals surface area contributed by atoms with Crippen molar-refractivity contribution in [3.63, 3.8) is 0 Å². The van der Waals surface area contributed by atoms with Crippen LogP contribution < -0.4 is 5.64 Å². The van der Waals surface area contributed by atoms with Crippen LogP contribution in [-0.2, 0) is 0 Å². The average molecular weight is 285 g/mol. The van der Waals surface area contributed by atoms with Gasteiger partial charge in [0.25, 0.3) is 0 Å². The Hall–Kier alpha value is -2.06. The van der Waals surface area contributed by atoms with E-state index in [0.29, 0.717) is 11.6 Å². The van der Waals surface area contributed by atoms with Crippen LogP contribution in [0, 0.1) is 0 Å². The predicted molar refractivity (Wildman–Crippen MR) is 95.6 cm³/mol. The van der Waals surface area contributed by atoms with Crippen LogP contribution in [0.25, 0.3) is 12.2 Å². The van der Waals surface area contributed by atoms with Crippen molar-refractivity contribution < 1.29 is 0 Å². The molecule has 2 N–H and O–H groups in total. The molecule has 2 aromatic carbocycles. The lowest BCUT2D eigenvalue weighted by molar-refractivity contribution is 0.994. The number of rotatable bonds is 2. The van der Waals surface area contributed by atoms with Gasteiger partial charge in [-0.1, -0.05) is 71.8 Å². The van der Waals surface area contributed by atoms with Crippen molar-refractivity contribution in [1.29, 1.82) is 0 Å². The Bertz CT molecular complexity index is 735. The third-order valence-electron chi connectivity index (χ3n) is 5.18. The first-order valence-corrected chi connectivity index (χ1v) is 7.96. The van der Waals surface area contributed by atoms with Gasteiger partial charge in [-0.15, -0.1) is 0 Å². The highest BCUT2D eigenvalue weighted by Crippen LogP contribution is 2.44. The van der Waals surface area contributed by atoms with Gasteiger partial charge in [0.1, 0.15) is 0 Å². The summed E-state index contributed by atoms with van der Waals surface area (Å²) in [6, 6.07) is 17.3. The summed E-state index contributed by atoms with van der Waals surface area (Å²) in [4.78, 5) is 0. The fraction of sp³-hybridized carbons (Fsp3) is 0.200. The zero-order chi connectivity index (χ0) is 15.3. The minimum Gasteiger partial charge on any atom is -0.368 e. The van der Waals surface area contributed by atoms with Crippen LogP contribution >= 0.6 is 0 Å².